The second-order valence-electron chi connectivity index (χ2n) is 8.29. The van der Waals surface area contributed by atoms with Crippen LogP contribution < -0.4 is 5.32 Å². The molecule has 1 aromatic heterocycles. The number of hydrogen-bond donors (Lipinski definition) is 2. The van der Waals surface area contributed by atoms with Gasteiger partial charge in [0.2, 0.25) is 5.91 Å². The largest absolute Gasteiger partial charge is 0.480 e. The van der Waals surface area contributed by atoms with Gasteiger partial charge < -0.3 is 10.4 Å². The summed E-state index contributed by atoms with van der Waals surface area (Å²) in [6.45, 7) is 6.76. The molecule has 3 rings (SSSR count). The summed E-state index contributed by atoms with van der Waals surface area (Å²) in [4.78, 5) is 24.3. The standard InChI is InChI=1S/C23H31N3O3/c1-16-7-9-19(10-8-16)15-26-18(3)20(17(2)25-26)11-12-21(27)24-23(22(28)29)13-5-4-6-14-23/h7-10H,4-6,11-15H2,1-3H3,(H,24,27)(H,28,29). The first-order chi connectivity index (χ1) is 13.8. The first-order valence-corrected chi connectivity index (χ1v) is 10.4. The predicted octanol–water partition coefficient (Wildman–Crippen LogP) is 3.69. The SMILES string of the molecule is Cc1ccc(Cn2nc(C)c(CCC(=O)NC3(C(=O)O)CCCCC3)c2C)cc1. The summed E-state index contributed by atoms with van der Waals surface area (Å²) < 4.78 is 1.98. The van der Waals surface area contributed by atoms with Gasteiger partial charge in [-0.05, 0) is 51.2 Å². The van der Waals surface area contributed by atoms with Crippen LogP contribution >= 0.6 is 0 Å². The Morgan fingerprint density at radius 3 is 2.38 bits per heavy atom. The lowest BCUT2D eigenvalue weighted by Crippen LogP contribution is -2.55. The van der Waals surface area contributed by atoms with Crippen LogP contribution in [0.15, 0.2) is 24.3 Å². The molecule has 6 heteroatoms. The molecule has 29 heavy (non-hydrogen) atoms. The van der Waals surface area contributed by atoms with E-state index < -0.39 is 11.5 Å². The Labute approximate surface area is 172 Å². The number of rotatable bonds is 7. The fourth-order valence-corrected chi connectivity index (χ4v) is 4.23. The molecule has 0 saturated heterocycles. The number of carboxylic acids is 1. The van der Waals surface area contributed by atoms with Crippen LogP contribution in [0.5, 0.6) is 0 Å². The van der Waals surface area contributed by atoms with Crippen molar-refractivity contribution in [2.24, 2.45) is 0 Å². The molecule has 1 fully saturated rings. The maximum absolute atomic E-state index is 12.5. The van der Waals surface area contributed by atoms with E-state index in [1.165, 1.54) is 11.1 Å². The molecule has 0 bridgehead atoms. The minimum atomic E-state index is -1.09. The number of aryl methyl sites for hydroxylation is 2. The highest BCUT2D eigenvalue weighted by molar-refractivity contribution is 5.87. The smallest absolute Gasteiger partial charge is 0.329 e. The van der Waals surface area contributed by atoms with Gasteiger partial charge in [-0.1, -0.05) is 49.1 Å². The average Bonchev–Trinajstić information content (AvgIpc) is 2.95. The van der Waals surface area contributed by atoms with E-state index in [0.29, 0.717) is 25.8 Å². The van der Waals surface area contributed by atoms with E-state index in [2.05, 4.69) is 41.6 Å². The summed E-state index contributed by atoms with van der Waals surface area (Å²) in [6.07, 6.45) is 4.58. The van der Waals surface area contributed by atoms with Crippen molar-refractivity contribution < 1.29 is 14.7 Å². The molecular formula is C23H31N3O3. The van der Waals surface area contributed by atoms with Crippen LogP contribution in [0.4, 0.5) is 0 Å². The van der Waals surface area contributed by atoms with E-state index >= 15 is 0 Å². The Kier molecular flexibility index (Phi) is 6.40. The topological polar surface area (TPSA) is 84.2 Å². The van der Waals surface area contributed by atoms with Crippen molar-refractivity contribution >= 4 is 11.9 Å². The lowest BCUT2D eigenvalue weighted by Gasteiger charge is -2.34. The number of carbonyl (C=O) groups is 2. The van der Waals surface area contributed by atoms with Gasteiger partial charge in [-0.2, -0.15) is 5.10 Å². The third-order valence-corrected chi connectivity index (χ3v) is 6.08. The molecule has 6 nitrogen and oxygen atoms in total. The molecule has 0 unspecified atom stereocenters. The van der Waals surface area contributed by atoms with E-state index in [9.17, 15) is 14.7 Å². The fraction of sp³-hybridized carbons (Fsp3) is 0.522. The van der Waals surface area contributed by atoms with Crippen LogP contribution in [0, 0.1) is 20.8 Å². The Balaban J connectivity index is 1.64. The molecule has 0 spiro atoms. The Morgan fingerprint density at radius 1 is 1.10 bits per heavy atom. The number of amides is 1. The number of hydrogen-bond acceptors (Lipinski definition) is 3. The minimum absolute atomic E-state index is 0.195. The van der Waals surface area contributed by atoms with Crippen LogP contribution in [0.2, 0.25) is 0 Å². The van der Waals surface area contributed by atoms with Crippen molar-refractivity contribution in [3.63, 3.8) is 0 Å². The Bertz CT molecular complexity index is 878. The van der Waals surface area contributed by atoms with Gasteiger partial charge in [0.05, 0.1) is 12.2 Å². The molecule has 0 atom stereocenters. The molecule has 0 aliphatic heterocycles. The van der Waals surface area contributed by atoms with Crippen molar-refractivity contribution in [1.82, 2.24) is 15.1 Å². The van der Waals surface area contributed by atoms with Gasteiger partial charge in [-0.3, -0.25) is 9.48 Å². The van der Waals surface area contributed by atoms with Crippen molar-refractivity contribution in [1.29, 1.82) is 0 Å². The van der Waals surface area contributed by atoms with Crippen molar-refractivity contribution in [3.05, 3.63) is 52.3 Å². The summed E-state index contributed by atoms with van der Waals surface area (Å²) >= 11 is 0. The summed E-state index contributed by atoms with van der Waals surface area (Å²) in [5.74, 6) is -1.11. The van der Waals surface area contributed by atoms with E-state index in [4.69, 9.17) is 0 Å². The maximum atomic E-state index is 12.5. The maximum Gasteiger partial charge on any atom is 0.329 e. The zero-order valence-electron chi connectivity index (χ0n) is 17.6. The third-order valence-electron chi connectivity index (χ3n) is 6.08. The molecule has 1 aliphatic rings. The molecule has 1 amide bonds. The quantitative estimate of drug-likeness (QED) is 0.746. The van der Waals surface area contributed by atoms with E-state index in [1.807, 2.05) is 18.5 Å². The highest BCUT2D eigenvalue weighted by atomic mass is 16.4. The highest BCUT2D eigenvalue weighted by Gasteiger charge is 2.40. The summed E-state index contributed by atoms with van der Waals surface area (Å²) in [6, 6.07) is 8.40. The molecule has 156 valence electrons. The van der Waals surface area contributed by atoms with Gasteiger partial charge in [-0.25, -0.2) is 4.79 Å². The van der Waals surface area contributed by atoms with Crippen molar-refractivity contribution in [3.8, 4) is 0 Å². The first kappa shape index (κ1) is 21.1. The van der Waals surface area contributed by atoms with Gasteiger partial charge in [0.1, 0.15) is 5.54 Å². The number of nitrogens with zero attached hydrogens (tertiary/aromatic N) is 2. The highest BCUT2D eigenvalue weighted by Crippen LogP contribution is 2.28. The first-order valence-electron chi connectivity index (χ1n) is 10.4. The number of benzene rings is 1. The number of aliphatic carboxylic acids is 1. The van der Waals surface area contributed by atoms with Crippen LogP contribution in [0.25, 0.3) is 0 Å². The van der Waals surface area contributed by atoms with Gasteiger partial charge in [0.25, 0.3) is 0 Å². The van der Waals surface area contributed by atoms with E-state index in [1.54, 1.807) is 0 Å². The third kappa shape index (κ3) is 4.86. The molecule has 1 aromatic carbocycles. The van der Waals surface area contributed by atoms with Gasteiger partial charge in [0, 0.05) is 12.1 Å². The molecule has 1 saturated carbocycles. The zero-order chi connectivity index (χ0) is 21.0. The lowest BCUT2D eigenvalue weighted by atomic mass is 9.81. The number of nitrogens with one attached hydrogen (secondary N) is 1. The number of carbonyl (C=O) groups excluding carboxylic acids is 1. The monoisotopic (exact) mass is 397 g/mol. The fourth-order valence-electron chi connectivity index (χ4n) is 4.23. The summed E-state index contributed by atoms with van der Waals surface area (Å²) in [5, 5.41) is 17.1. The molecule has 1 aliphatic carbocycles. The van der Waals surface area contributed by atoms with Crippen LogP contribution in [0.1, 0.15) is 66.6 Å². The molecule has 1 heterocycles. The Morgan fingerprint density at radius 2 is 1.76 bits per heavy atom. The van der Waals surface area contributed by atoms with E-state index in [0.717, 1.165) is 36.2 Å². The van der Waals surface area contributed by atoms with Gasteiger partial charge in [0.15, 0.2) is 0 Å². The van der Waals surface area contributed by atoms with Gasteiger partial charge in [-0.15, -0.1) is 0 Å². The van der Waals surface area contributed by atoms with Crippen molar-refractivity contribution in [2.75, 3.05) is 0 Å². The zero-order valence-corrected chi connectivity index (χ0v) is 17.6. The van der Waals surface area contributed by atoms with Crippen LogP contribution in [-0.2, 0) is 22.6 Å². The number of aromatic nitrogens is 2. The number of carboxylic acid groups (broad SMARTS) is 1. The molecule has 2 N–H and O–H groups in total. The summed E-state index contributed by atoms with van der Waals surface area (Å²) in [5.41, 5.74) is 4.38. The normalized spacial score (nSPS) is 15.8. The second kappa shape index (κ2) is 8.80. The molecule has 2 aromatic rings. The predicted molar refractivity (Wildman–Crippen MR) is 112 cm³/mol. The van der Waals surface area contributed by atoms with Gasteiger partial charge >= 0.3 is 5.97 Å². The lowest BCUT2D eigenvalue weighted by molar-refractivity contribution is -0.149. The average molecular weight is 398 g/mol. The Hall–Kier alpha value is -2.63. The molecular weight excluding hydrogens is 366 g/mol. The second-order valence-corrected chi connectivity index (χ2v) is 8.29. The van der Waals surface area contributed by atoms with Crippen LogP contribution in [-0.4, -0.2) is 32.3 Å². The summed E-state index contributed by atoms with van der Waals surface area (Å²) in [7, 11) is 0. The minimum Gasteiger partial charge on any atom is -0.480 e. The van der Waals surface area contributed by atoms with E-state index in [-0.39, 0.29) is 12.3 Å². The van der Waals surface area contributed by atoms with Crippen molar-refractivity contribution in [2.45, 2.75) is 77.8 Å². The molecule has 0 radical (unpaired) electrons. The van der Waals surface area contributed by atoms with Crippen LogP contribution in [0.3, 0.4) is 0 Å².